The van der Waals surface area contributed by atoms with E-state index in [4.69, 9.17) is 11.6 Å². The Balaban J connectivity index is 1.81. The van der Waals surface area contributed by atoms with E-state index in [1.165, 1.54) is 10.4 Å². The lowest BCUT2D eigenvalue weighted by Gasteiger charge is -2.18. The van der Waals surface area contributed by atoms with E-state index in [9.17, 15) is 16.8 Å². The highest BCUT2D eigenvalue weighted by atomic mass is 35.5. The molecule has 0 saturated carbocycles. The Morgan fingerprint density at radius 2 is 1.75 bits per heavy atom. The number of sulfone groups is 1. The van der Waals surface area contributed by atoms with Gasteiger partial charge in [0, 0.05) is 23.5 Å². The molecule has 0 amide bonds. The summed E-state index contributed by atoms with van der Waals surface area (Å²) in [6, 6.07) is 14.3. The molecular formula is C20H22ClNO4S2. The van der Waals surface area contributed by atoms with E-state index in [0.717, 1.165) is 16.5 Å². The van der Waals surface area contributed by atoms with Crippen molar-refractivity contribution in [3.8, 4) is 0 Å². The highest BCUT2D eigenvalue weighted by Crippen LogP contribution is 2.34. The van der Waals surface area contributed by atoms with Crippen LogP contribution in [0.3, 0.4) is 0 Å². The lowest BCUT2D eigenvalue weighted by molar-refractivity contribution is 0.435. The average molecular weight is 440 g/mol. The Bertz CT molecular complexity index is 1080. The van der Waals surface area contributed by atoms with Gasteiger partial charge >= 0.3 is 0 Å². The van der Waals surface area contributed by atoms with Crippen LogP contribution in [0.1, 0.15) is 28.4 Å². The molecule has 0 N–H and O–H groups in total. The number of rotatable bonds is 4. The first kappa shape index (κ1) is 21.0. The fourth-order valence-corrected chi connectivity index (χ4v) is 6.66. The normalized spacial score (nSPS) is 20.9. The molecule has 5 nitrogen and oxygen atoms in total. The zero-order valence-corrected chi connectivity index (χ0v) is 17.8. The highest BCUT2D eigenvalue weighted by Gasteiger charge is 2.35. The van der Waals surface area contributed by atoms with Crippen LogP contribution in [0.4, 0.5) is 0 Å². The molecule has 1 atom stereocenters. The summed E-state index contributed by atoms with van der Waals surface area (Å²) in [7, 11) is -7.24. The van der Waals surface area contributed by atoms with Crippen molar-refractivity contribution in [1.82, 2.24) is 4.31 Å². The van der Waals surface area contributed by atoms with Gasteiger partial charge in [0.15, 0.2) is 9.84 Å². The predicted octanol–water partition coefficient (Wildman–Crippen LogP) is 3.81. The SMILES string of the molecule is Cc1ccc(/C=C/S(=O)(=O)N2CCC(c3ccccc3Cl)S(=O)(=O)CC2)cc1. The van der Waals surface area contributed by atoms with Gasteiger partial charge in [-0.3, -0.25) is 0 Å². The van der Waals surface area contributed by atoms with Crippen molar-refractivity contribution in [2.75, 3.05) is 18.8 Å². The van der Waals surface area contributed by atoms with Crippen LogP contribution in [0.25, 0.3) is 6.08 Å². The van der Waals surface area contributed by atoms with Crippen LogP contribution < -0.4 is 0 Å². The lowest BCUT2D eigenvalue weighted by atomic mass is 10.1. The minimum Gasteiger partial charge on any atom is -0.228 e. The molecular weight excluding hydrogens is 418 g/mol. The summed E-state index contributed by atoms with van der Waals surface area (Å²) in [5.74, 6) is -0.236. The summed E-state index contributed by atoms with van der Waals surface area (Å²) in [6.45, 7) is 2.01. The summed E-state index contributed by atoms with van der Waals surface area (Å²) in [6.07, 6.45) is 1.70. The average Bonchev–Trinajstić information content (AvgIpc) is 2.80. The van der Waals surface area contributed by atoms with Gasteiger partial charge < -0.3 is 0 Å². The van der Waals surface area contributed by atoms with E-state index < -0.39 is 25.1 Å². The molecule has 28 heavy (non-hydrogen) atoms. The van der Waals surface area contributed by atoms with Crippen molar-refractivity contribution in [2.45, 2.75) is 18.6 Å². The van der Waals surface area contributed by atoms with Crippen molar-refractivity contribution in [2.24, 2.45) is 0 Å². The molecule has 1 saturated heterocycles. The maximum absolute atomic E-state index is 12.7. The first-order chi connectivity index (χ1) is 13.2. The molecule has 8 heteroatoms. The highest BCUT2D eigenvalue weighted by molar-refractivity contribution is 7.93. The van der Waals surface area contributed by atoms with Crippen LogP contribution in [-0.2, 0) is 19.9 Å². The van der Waals surface area contributed by atoms with Crippen LogP contribution >= 0.6 is 11.6 Å². The van der Waals surface area contributed by atoms with E-state index in [1.54, 1.807) is 24.3 Å². The molecule has 0 bridgehead atoms. The van der Waals surface area contributed by atoms with Crippen molar-refractivity contribution < 1.29 is 16.8 Å². The minimum absolute atomic E-state index is 0.0656. The maximum Gasteiger partial charge on any atom is 0.236 e. The number of aryl methyl sites for hydroxylation is 1. The summed E-state index contributed by atoms with van der Waals surface area (Å²) in [5.41, 5.74) is 2.38. The number of hydrogen-bond acceptors (Lipinski definition) is 4. The summed E-state index contributed by atoms with van der Waals surface area (Å²) in [4.78, 5) is 0. The molecule has 0 spiro atoms. The third kappa shape index (κ3) is 4.84. The van der Waals surface area contributed by atoms with Gasteiger partial charge in [-0.25, -0.2) is 16.8 Å². The monoisotopic (exact) mass is 439 g/mol. The fourth-order valence-electron chi connectivity index (χ4n) is 3.19. The van der Waals surface area contributed by atoms with Crippen LogP contribution in [-0.4, -0.2) is 40.0 Å². The predicted molar refractivity (Wildman–Crippen MR) is 113 cm³/mol. The topological polar surface area (TPSA) is 71.5 Å². The molecule has 1 aliphatic rings. The molecule has 1 unspecified atom stereocenters. The lowest BCUT2D eigenvalue weighted by Crippen LogP contribution is -2.32. The van der Waals surface area contributed by atoms with Crippen LogP contribution in [0.15, 0.2) is 53.9 Å². The van der Waals surface area contributed by atoms with Gasteiger partial charge in [-0.1, -0.05) is 59.6 Å². The van der Waals surface area contributed by atoms with Gasteiger partial charge in [-0.15, -0.1) is 0 Å². The molecule has 1 fully saturated rings. The quantitative estimate of drug-likeness (QED) is 0.726. The second-order valence-electron chi connectivity index (χ2n) is 6.82. The Kier molecular flexibility index (Phi) is 6.29. The maximum atomic E-state index is 12.7. The van der Waals surface area contributed by atoms with Crippen molar-refractivity contribution >= 4 is 37.5 Å². The van der Waals surface area contributed by atoms with Gasteiger partial charge in [0.05, 0.1) is 11.0 Å². The van der Waals surface area contributed by atoms with Crippen LogP contribution in [0.5, 0.6) is 0 Å². The van der Waals surface area contributed by atoms with Gasteiger partial charge in [-0.2, -0.15) is 4.31 Å². The molecule has 2 aromatic rings. The number of sulfonamides is 1. The van der Waals surface area contributed by atoms with Crippen molar-refractivity contribution in [1.29, 1.82) is 0 Å². The largest absolute Gasteiger partial charge is 0.236 e. The standard InChI is InChI=1S/C20H22ClNO4S2/c1-16-6-8-17(9-7-16)11-14-28(25,26)22-12-10-20(27(23,24)15-13-22)18-4-2-3-5-19(18)21/h2-9,11,14,20H,10,12-13,15H2,1H3/b14-11+. The number of benzene rings is 2. The van der Waals surface area contributed by atoms with E-state index in [1.807, 2.05) is 31.2 Å². The molecule has 0 aromatic heterocycles. The smallest absolute Gasteiger partial charge is 0.228 e. The van der Waals surface area contributed by atoms with Gasteiger partial charge in [0.2, 0.25) is 10.0 Å². The van der Waals surface area contributed by atoms with Crippen molar-refractivity contribution in [3.63, 3.8) is 0 Å². The van der Waals surface area contributed by atoms with Gasteiger partial charge in [-0.05, 0) is 36.6 Å². The fraction of sp³-hybridized carbons (Fsp3) is 0.300. The van der Waals surface area contributed by atoms with E-state index >= 15 is 0 Å². The van der Waals surface area contributed by atoms with Crippen LogP contribution in [0, 0.1) is 6.92 Å². The Morgan fingerprint density at radius 1 is 1.07 bits per heavy atom. The molecule has 0 radical (unpaired) electrons. The second kappa shape index (κ2) is 8.37. The van der Waals surface area contributed by atoms with Crippen molar-refractivity contribution in [3.05, 3.63) is 75.7 Å². The Hall–Kier alpha value is -1.67. The summed E-state index contributed by atoms with van der Waals surface area (Å²) in [5, 5.41) is 0.717. The molecule has 0 aliphatic carbocycles. The molecule has 1 heterocycles. The first-order valence-electron chi connectivity index (χ1n) is 8.90. The third-order valence-corrected chi connectivity index (χ3v) is 8.84. The first-order valence-corrected chi connectivity index (χ1v) is 12.5. The molecule has 1 aliphatic heterocycles. The number of hydrogen-bond donors (Lipinski definition) is 0. The van der Waals surface area contributed by atoms with Gasteiger partial charge in [0.1, 0.15) is 0 Å². The molecule has 150 valence electrons. The number of nitrogens with zero attached hydrogens (tertiary/aromatic N) is 1. The summed E-state index contributed by atoms with van der Waals surface area (Å²) < 4.78 is 52.1. The Morgan fingerprint density at radius 3 is 2.43 bits per heavy atom. The zero-order valence-electron chi connectivity index (χ0n) is 15.5. The van der Waals surface area contributed by atoms with E-state index in [2.05, 4.69) is 0 Å². The second-order valence-corrected chi connectivity index (χ2v) is 11.4. The zero-order chi connectivity index (χ0) is 20.4. The molecule has 3 rings (SSSR count). The van der Waals surface area contributed by atoms with E-state index in [-0.39, 0.29) is 25.3 Å². The Labute approximate surface area is 171 Å². The van der Waals surface area contributed by atoms with E-state index in [0.29, 0.717) is 10.6 Å². The molecule has 2 aromatic carbocycles. The third-order valence-electron chi connectivity index (χ3n) is 4.82. The number of halogens is 1. The van der Waals surface area contributed by atoms with Gasteiger partial charge in [0.25, 0.3) is 0 Å². The van der Waals surface area contributed by atoms with Crippen LogP contribution in [0.2, 0.25) is 5.02 Å². The summed E-state index contributed by atoms with van der Waals surface area (Å²) >= 11 is 6.19. The minimum atomic E-state index is -3.73.